The molecule has 1 fully saturated rings. The van der Waals surface area contributed by atoms with E-state index in [-0.39, 0.29) is 17.9 Å². The molecule has 5 nitrogen and oxygen atoms in total. The third-order valence-electron chi connectivity index (χ3n) is 3.10. The maximum Gasteiger partial charge on any atom is 0.407 e. The number of halogens is 2. The van der Waals surface area contributed by atoms with Crippen molar-refractivity contribution in [3.05, 3.63) is 22.5 Å². The Labute approximate surface area is 127 Å². The summed E-state index contributed by atoms with van der Waals surface area (Å²) >= 11 is 5.66. The zero-order chi connectivity index (χ0) is 15.4. The van der Waals surface area contributed by atoms with Crippen LogP contribution in [0.5, 0.6) is 11.5 Å². The molecule has 7 heteroatoms. The first-order valence-electron chi connectivity index (χ1n) is 6.76. The molecule has 0 aromatic heterocycles. The van der Waals surface area contributed by atoms with Gasteiger partial charge in [-0.3, -0.25) is 0 Å². The van der Waals surface area contributed by atoms with Crippen LogP contribution in [0.2, 0.25) is 5.02 Å². The third-order valence-corrected chi connectivity index (χ3v) is 3.46. The van der Waals surface area contributed by atoms with Crippen molar-refractivity contribution in [2.24, 2.45) is 5.92 Å². The Morgan fingerprint density at radius 3 is 2.90 bits per heavy atom. The molecule has 0 aliphatic heterocycles. The number of aromatic hydroxyl groups is 1. The SMILES string of the molecule is CCOc1cc(O)c(Cl)c(F)c1CNC(=O)OCC1CC1. The molecule has 0 saturated heterocycles. The van der Waals surface area contributed by atoms with Gasteiger partial charge in [0.15, 0.2) is 5.82 Å². The van der Waals surface area contributed by atoms with E-state index in [1.807, 2.05) is 0 Å². The van der Waals surface area contributed by atoms with E-state index in [0.29, 0.717) is 19.1 Å². The summed E-state index contributed by atoms with van der Waals surface area (Å²) in [6, 6.07) is 1.22. The third kappa shape index (κ3) is 4.14. The molecule has 0 bridgehead atoms. The normalized spacial score (nSPS) is 13.9. The molecular weight excluding hydrogens is 301 g/mol. The molecule has 0 unspecified atom stereocenters. The van der Waals surface area contributed by atoms with Crippen molar-refractivity contribution in [1.82, 2.24) is 5.32 Å². The highest BCUT2D eigenvalue weighted by Gasteiger charge is 2.23. The molecule has 0 radical (unpaired) electrons. The molecule has 116 valence electrons. The number of carbonyl (C=O) groups is 1. The predicted octanol–water partition coefficient (Wildman–Crippen LogP) is 3.22. The number of phenols is 1. The topological polar surface area (TPSA) is 67.8 Å². The second-order valence-corrected chi connectivity index (χ2v) is 5.21. The van der Waals surface area contributed by atoms with Crippen LogP contribution in [-0.4, -0.2) is 24.4 Å². The lowest BCUT2D eigenvalue weighted by Gasteiger charge is -2.14. The predicted molar refractivity (Wildman–Crippen MR) is 75.2 cm³/mol. The highest BCUT2D eigenvalue weighted by Crippen LogP contribution is 2.35. The van der Waals surface area contributed by atoms with E-state index in [2.05, 4.69) is 5.32 Å². The van der Waals surface area contributed by atoms with E-state index in [0.717, 1.165) is 12.8 Å². The first-order chi connectivity index (χ1) is 10.0. The highest BCUT2D eigenvalue weighted by atomic mass is 35.5. The largest absolute Gasteiger partial charge is 0.506 e. The van der Waals surface area contributed by atoms with Gasteiger partial charge in [-0.05, 0) is 25.7 Å². The number of alkyl carbamates (subject to hydrolysis) is 1. The van der Waals surface area contributed by atoms with Crippen molar-refractivity contribution in [1.29, 1.82) is 0 Å². The summed E-state index contributed by atoms with van der Waals surface area (Å²) in [6.45, 7) is 2.26. The minimum Gasteiger partial charge on any atom is -0.506 e. The standard InChI is InChI=1S/C14H17ClFNO4/c1-2-20-11-5-10(18)12(15)13(16)9(11)6-17-14(19)21-7-8-3-4-8/h5,8,18H,2-4,6-7H2,1H3,(H,17,19). The zero-order valence-corrected chi connectivity index (χ0v) is 12.4. The van der Waals surface area contributed by atoms with Gasteiger partial charge in [-0.25, -0.2) is 9.18 Å². The fraction of sp³-hybridized carbons (Fsp3) is 0.500. The summed E-state index contributed by atoms with van der Waals surface area (Å²) in [4.78, 5) is 11.5. The molecule has 0 spiro atoms. The minimum absolute atomic E-state index is 0.0722. The summed E-state index contributed by atoms with van der Waals surface area (Å²) in [5.41, 5.74) is 0.0722. The van der Waals surface area contributed by atoms with Gasteiger partial charge in [0.05, 0.1) is 25.3 Å². The van der Waals surface area contributed by atoms with Crippen LogP contribution < -0.4 is 10.1 Å². The van der Waals surface area contributed by atoms with Crippen LogP contribution in [0.1, 0.15) is 25.3 Å². The highest BCUT2D eigenvalue weighted by molar-refractivity contribution is 6.32. The van der Waals surface area contributed by atoms with E-state index in [1.165, 1.54) is 6.07 Å². The fourth-order valence-electron chi connectivity index (χ4n) is 1.77. The number of amides is 1. The number of nitrogens with one attached hydrogen (secondary N) is 1. The average Bonchev–Trinajstić information content (AvgIpc) is 3.27. The van der Waals surface area contributed by atoms with Crippen LogP contribution in [0.4, 0.5) is 9.18 Å². The van der Waals surface area contributed by atoms with Crippen LogP contribution in [0.25, 0.3) is 0 Å². The Morgan fingerprint density at radius 2 is 2.29 bits per heavy atom. The molecule has 2 rings (SSSR count). The molecule has 21 heavy (non-hydrogen) atoms. The Morgan fingerprint density at radius 1 is 1.57 bits per heavy atom. The molecule has 1 saturated carbocycles. The van der Waals surface area contributed by atoms with Crippen LogP contribution in [-0.2, 0) is 11.3 Å². The number of phenolic OH excluding ortho intramolecular Hbond substituents is 1. The van der Waals surface area contributed by atoms with Gasteiger partial charge >= 0.3 is 6.09 Å². The number of benzene rings is 1. The lowest BCUT2D eigenvalue weighted by Crippen LogP contribution is -2.25. The van der Waals surface area contributed by atoms with Crippen molar-refractivity contribution >= 4 is 17.7 Å². The summed E-state index contributed by atoms with van der Waals surface area (Å²) in [5.74, 6) is -0.630. The second kappa shape index (κ2) is 6.85. The van der Waals surface area contributed by atoms with E-state index in [4.69, 9.17) is 21.1 Å². The molecule has 2 N–H and O–H groups in total. The molecule has 1 amide bonds. The van der Waals surface area contributed by atoms with Crippen LogP contribution in [0, 0.1) is 11.7 Å². The fourth-order valence-corrected chi connectivity index (χ4v) is 1.93. The lowest BCUT2D eigenvalue weighted by atomic mass is 10.1. The molecule has 0 heterocycles. The van der Waals surface area contributed by atoms with Crippen molar-refractivity contribution < 1.29 is 23.8 Å². The van der Waals surface area contributed by atoms with Crippen molar-refractivity contribution in [3.63, 3.8) is 0 Å². The summed E-state index contributed by atoms with van der Waals surface area (Å²) in [5, 5.41) is 11.5. The number of rotatable bonds is 6. The van der Waals surface area contributed by atoms with Gasteiger partial charge < -0.3 is 19.9 Å². The van der Waals surface area contributed by atoms with Gasteiger partial charge in [-0.15, -0.1) is 0 Å². The number of hydrogen-bond donors (Lipinski definition) is 2. The molecule has 1 aromatic rings. The van der Waals surface area contributed by atoms with Gasteiger partial charge in [0, 0.05) is 6.07 Å². The molecule has 1 aliphatic carbocycles. The van der Waals surface area contributed by atoms with E-state index in [9.17, 15) is 14.3 Å². The van der Waals surface area contributed by atoms with Gasteiger partial charge in [0.2, 0.25) is 0 Å². The summed E-state index contributed by atoms with van der Waals surface area (Å²) < 4.78 is 24.3. The van der Waals surface area contributed by atoms with Gasteiger partial charge in [0.1, 0.15) is 16.5 Å². The first-order valence-corrected chi connectivity index (χ1v) is 7.14. The van der Waals surface area contributed by atoms with Crippen LogP contribution in [0.15, 0.2) is 6.07 Å². The average molecular weight is 318 g/mol. The summed E-state index contributed by atoms with van der Waals surface area (Å²) in [6.07, 6.45) is 1.53. The smallest absolute Gasteiger partial charge is 0.407 e. The minimum atomic E-state index is -0.817. The van der Waals surface area contributed by atoms with E-state index >= 15 is 0 Å². The Kier molecular flexibility index (Phi) is 5.12. The summed E-state index contributed by atoms with van der Waals surface area (Å²) in [7, 11) is 0. The van der Waals surface area contributed by atoms with Crippen molar-refractivity contribution in [2.75, 3.05) is 13.2 Å². The van der Waals surface area contributed by atoms with Crippen molar-refractivity contribution in [3.8, 4) is 11.5 Å². The van der Waals surface area contributed by atoms with E-state index < -0.39 is 22.7 Å². The quantitative estimate of drug-likeness (QED) is 0.845. The van der Waals surface area contributed by atoms with Crippen molar-refractivity contribution in [2.45, 2.75) is 26.3 Å². The lowest BCUT2D eigenvalue weighted by molar-refractivity contribution is 0.140. The zero-order valence-electron chi connectivity index (χ0n) is 11.6. The Balaban J connectivity index is 2.02. The molecule has 0 atom stereocenters. The maximum absolute atomic E-state index is 14.1. The van der Waals surface area contributed by atoms with Gasteiger partial charge in [-0.2, -0.15) is 0 Å². The van der Waals surface area contributed by atoms with Gasteiger partial charge in [0.25, 0.3) is 0 Å². The Bertz CT molecular complexity index is 534. The molecule has 1 aliphatic rings. The molecular formula is C14H17ClFNO4. The maximum atomic E-state index is 14.1. The first kappa shape index (κ1) is 15.7. The van der Waals surface area contributed by atoms with E-state index in [1.54, 1.807) is 6.92 Å². The van der Waals surface area contributed by atoms with Crippen LogP contribution in [0.3, 0.4) is 0 Å². The number of hydrogen-bond acceptors (Lipinski definition) is 4. The monoisotopic (exact) mass is 317 g/mol. The second-order valence-electron chi connectivity index (χ2n) is 4.83. The number of carbonyl (C=O) groups excluding carboxylic acids is 1. The van der Waals surface area contributed by atoms with Gasteiger partial charge in [-0.1, -0.05) is 11.6 Å². The van der Waals surface area contributed by atoms with Crippen LogP contribution >= 0.6 is 11.6 Å². The number of ether oxygens (including phenoxy) is 2. The Hall–Kier alpha value is -1.69. The molecule has 1 aromatic carbocycles.